The lowest BCUT2D eigenvalue weighted by atomic mass is 10.2. The van der Waals surface area contributed by atoms with Crippen molar-refractivity contribution in [1.29, 1.82) is 0 Å². The van der Waals surface area contributed by atoms with Crippen molar-refractivity contribution in [2.75, 3.05) is 17.6 Å². The minimum absolute atomic E-state index is 0.146. The molecule has 0 aliphatic heterocycles. The lowest BCUT2D eigenvalue weighted by Crippen LogP contribution is -2.16. The van der Waals surface area contributed by atoms with Crippen LogP contribution in [0.4, 0.5) is 5.69 Å². The molecule has 3 N–H and O–H groups in total. The summed E-state index contributed by atoms with van der Waals surface area (Å²) in [6, 6.07) is 5.38. The van der Waals surface area contributed by atoms with Crippen LogP contribution in [0.25, 0.3) is 0 Å². The molecule has 0 bridgehead atoms. The molecule has 7 nitrogen and oxygen atoms in total. The van der Waals surface area contributed by atoms with E-state index in [0.29, 0.717) is 29.0 Å². The Kier molecular flexibility index (Phi) is 5.54. The van der Waals surface area contributed by atoms with Crippen molar-refractivity contribution in [3.8, 4) is 0 Å². The molecule has 21 heavy (non-hydrogen) atoms. The third-order valence-corrected chi connectivity index (χ3v) is 4.08. The van der Waals surface area contributed by atoms with Crippen LogP contribution in [0.1, 0.15) is 5.56 Å². The monoisotopic (exact) mass is 326 g/mol. The van der Waals surface area contributed by atoms with E-state index in [9.17, 15) is 4.79 Å². The van der Waals surface area contributed by atoms with Crippen LogP contribution in [0.2, 0.25) is 5.02 Å². The van der Waals surface area contributed by atoms with Gasteiger partial charge in [0.1, 0.15) is 0 Å². The summed E-state index contributed by atoms with van der Waals surface area (Å²) in [7, 11) is 0. The van der Waals surface area contributed by atoms with Crippen LogP contribution in [-0.2, 0) is 11.3 Å². The smallest absolute Gasteiger partial charge is 0.234 e. The number of aromatic nitrogens is 4. The number of tetrazole rings is 1. The molecule has 0 unspecified atom stereocenters. The van der Waals surface area contributed by atoms with Crippen molar-refractivity contribution in [1.82, 2.24) is 20.2 Å². The van der Waals surface area contributed by atoms with Gasteiger partial charge >= 0.3 is 0 Å². The highest BCUT2D eigenvalue weighted by Crippen LogP contribution is 2.23. The fourth-order valence-electron chi connectivity index (χ4n) is 1.62. The van der Waals surface area contributed by atoms with Gasteiger partial charge in [0, 0.05) is 17.3 Å². The number of amides is 1. The van der Waals surface area contributed by atoms with Gasteiger partial charge in [0.25, 0.3) is 0 Å². The molecule has 0 fully saturated rings. The Hall–Kier alpha value is -1.64. The van der Waals surface area contributed by atoms with Gasteiger partial charge in [-0.2, -0.15) is 0 Å². The Morgan fingerprint density at radius 3 is 3.10 bits per heavy atom. The Morgan fingerprint density at radius 1 is 1.52 bits per heavy atom. The lowest BCUT2D eigenvalue weighted by molar-refractivity contribution is -0.113. The molecule has 0 spiro atoms. The quantitative estimate of drug-likeness (QED) is 0.777. The number of carbonyl (C=O) groups is 1. The predicted molar refractivity (Wildman–Crippen MR) is 82.4 cm³/mol. The molecule has 0 radical (unpaired) electrons. The fourth-order valence-corrected chi connectivity index (χ4v) is 2.50. The molecule has 1 amide bonds. The number of thioether (sulfide) groups is 1. The first-order valence-corrected chi connectivity index (χ1v) is 7.62. The van der Waals surface area contributed by atoms with Crippen LogP contribution < -0.4 is 11.1 Å². The molecule has 0 saturated carbocycles. The zero-order valence-electron chi connectivity index (χ0n) is 11.4. The number of nitrogens with two attached hydrogens (primary N) is 1. The number of hydrogen-bond acceptors (Lipinski definition) is 6. The average Bonchev–Trinajstić information content (AvgIpc) is 2.90. The summed E-state index contributed by atoms with van der Waals surface area (Å²) in [4.78, 5) is 12.0. The second-order valence-electron chi connectivity index (χ2n) is 4.22. The van der Waals surface area contributed by atoms with E-state index in [0.717, 1.165) is 5.56 Å². The molecule has 2 rings (SSSR count). The second kappa shape index (κ2) is 7.39. The molecule has 112 valence electrons. The molecule has 1 aromatic heterocycles. The van der Waals surface area contributed by atoms with Crippen molar-refractivity contribution < 1.29 is 4.79 Å². The number of carbonyl (C=O) groups excluding carboxylic acids is 1. The highest BCUT2D eigenvalue weighted by atomic mass is 35.5. The summed E-state index contributed by atoms with van der Waals surface area (Å²) < 4.78 is 1.57. The first kappa shape index (κ1) is 15.7. The predicted octanol–water partition coefficient (Wildman–Crippen LogP) is 1.32. The normalized spacial score (nSPS) is 10.6. The summed E-state index contributed by atoms with van der Waals surface area (Å²) in [5, 5.41) is 15.2. The van der Waals surface area contributed by atoms with Gasteiger partial charge in [-0.15, -0.1) is 5.10 Å². The third kappa shape index (κ3) is 4.16. The van der Waals surface area contributed by atoms with Gasteiger partial charge in [-0.25, -0.2) is 4.68 Å². The van der Waals surface area contributed by atoms with Gasteiger partial charge in [-0.3, -0.25) is 4.79 Å². The first-order chi connectivity index (χ1) is 10.1. The highest BCUT2D eigenvalue weighted by Gasteiger charge is 2.11. The molecule has 2 aromatic rings. The highest BCUT2D eigenvalue weighted by molar-refractivity contribution is 7.99. The van der Waals surface area contributed by atoms with Gasteiger partial charge in [0.05, 0.1) is 12.3 Å². The Balaban J connectivity index is 1.93. The van der Waals surface area contributed by atoms with E-state index in [1.165, 1.54) is 11.8 Å². The van der Waals surface area contributed by atoms with Crippen LogP contribution in [0.3, 0.4) is 0 Å². The van der Waals surface area contributed by atoms with Gasteiger partial charge < -0.3 is 11.1 Å². The largest absolute Gasteiger partial charge is 0.329 e. The summed E-state index contributed by atoms with van der Waals surface area (Å²) >= 11 is 7.27. The first-order valence-electron chi connectivity index (χ1n) is 6.26. The zero-order valence-corrected chi connectivity index (χ0v) is 13.0. The number of halogens is 1. The van der Waals surface area contributed by atoms with E-state index in [4.69, 9.17) is 17.3 Å². The van der Waals surface area contributed by atoms with E-state index >= 15 is 0 Å². The van der Waals surface area contributed by atoms with Crippen LogP contribution in [0.15, 0.2) is 23.4 Å². The molecule has 0 aliphatic carbocycles. The molecule has 0 saturated heterocycles. The van der Waals surface area contributed by atoms with Crippen LogP contribution in [0, 0.1) is 6.92 Å². The van der Waals surface area contributed by atoms with Crippen molar-refractivity contribution in [3.05, 3.63) is 28.8 Å². The Morgan fingerprint density at radius 2 is 2.33 bits per heavy atom. The molecular formula is C12H15ClN6OS. The lowest BCUT2D eigenvalue weighted by Gasteiger charge is -2.09. The van der Waals surface area contributed by atoms with Gasteiger partial charge in [-0.05, 0) is 35.0 Å². The number of hydrogen-bond donors (Lipinski definition) is 2. The Bertz CT molecular complexity index is 632. The van der Waals surface area contributed by atoms with Gasteiger partial charge in [-0.1, -0.05) is 29.4 Å². The van der Waals surface area contributed by atoms with E-state index in [1.54, 1.807) is 16.8 Å². The van der Waals surface area contributed by atoms with Crippen LogP contribution in [0.5, 0.6) is 0 Å². The maximum atomic E-state index is 12.0. The average molecular weight is 327 g/mol. The molecule has 1 aromatic carbocycles. The van der Waals surface area contributed by atoms with Crippen LogP contribution >= 0.6 is 23.4 Å². The van der Waals surface area contributed by atoms with Crippen LogP contribution in [-0.4, -0.2) is 38.4 Å². The maximum absolute atomic E-state index is 12.0. The summed E-state index contributed by atoms with van der Waals surface area (Å²) in [5.74, 6) is 0.0596. The van der Waals surface area contributed by atoms with Crippen molar-refractivity contribution in [3.63, 3.8) is 0 Å². The number of nitrogens with zero attached hydrogens (tertiary/aromatic N) is 4. The van der Waals surface area contributed by atoms with E-state index in [2.05, 4.69) is 20.8 Å². The van der Waals surface area contributed by atoms with Crippen molar-refractivity contribution >= 4 is 35.0 Å². The summed E-state index contributed by atoms with van der Waals surface area (Å²) in [5.41, 5.74) is 7.00. The molecular weight excluding hydrogens is 312 g/mol. The third-order valence-electron chi connectivity index (χ3n) is 2.71. The minimum atomic E-state index is -0.146. The molecule has 0 atom stereocenters. The Labute approximate surface area is 131 Å². The number of anilines is 1. The van der Waals surface area contributed by atoms with Crippen molar-refractivity contribution in [2.45, 2.75) is 18.6 Å². The molecule has 9 heteroatoms. The SMILES string of the molecule is Cc1c(Cl)cccc1NC(=O)CSc1nnnn1CCN. The fraction of sp³-hybridized carbons (Fsp3) is 0.333. The topological polar surface area (TPSA) is 98.7 Å². The van der Waals surface area contributed by atoms with E-state index in [1.807, 2.05) is 13.0 Å². The molecule has 1 heterocycles. The maximum Gasteiger partial charge on any atom is 0.234 e. The summed E-state index contributed by atoms with van der Waals surface area (Å²) in [6.45, 7) is 2.81. The minimum Gasteiger partial charge on any atom is -0.329 e. The van der Waals surface area contributed by atoms with Gasteiger partial charge in [0.2, 0.25) is 11.1 Å². The van der Waals surface area contributed by atoms with Crippen molar-refractivity contribution in [2.24, 2.45) is 5.73 Å². The number of benzene rings is 1. The number of rotatable bonds is 6. The molecule has 0 aliphatic rings. The zero-order chi connectivity index (χ0) is 15.2. The van der Waals surface area contributed by atoms with Gasteiger partial charge in [0.15, 0.2) is 0 Å². The number of nitrogens with one attached hydrogen (secondary N) is 1. The second-order valence-corrected chi connectivity index (χ2v) is 5.57. The van der Waals surface area contributed by atoms with E-state index < -0.39 is 0 Å². The standard InChI is InChI=1S/C12H15ClN6OS/c1-8-9(13)3-2-4-10(8)15-11(20)7-21-12-16-17-18-19(12)6-5-14/h2-4H,5-7,14H2,1H3,(H,15,20). The summed E-state index contributed by atoms with van der Waals surface area (Å²) in [6.07, 6.45) is 0. The van der Waals surface area contributed by atoms with E-state index in [-0.39, 0.29) is 11.7 Å².